The van der Waals surface area contributed by atoms with Crippen LogP contribution in [-0.2, 0) is 66.4 Å². The van der Waals surface area contributed by atoms with Crippen molar-refractivity contribution >= 4 is 48.6 Å². The molecular weight excluding hydrogens is 1550 g/mol. The van der Waals surface area contributed by atoms with Gasteiger partial charge in [-0.15, -0.1) is 0 Å². The molecule has 35 nitrogen and oxygen atoms in total. The first kappa shape index (κ1) is 106. The highest BCUT2D eigenvalue weighted by Gasteiger charge is 2.59. The Kier molecular flexibility index (Phi) is 56.3. The van der Waals surface area contributed by atoms with Crippen molar-refractivity contribution in [2.24, 2.45) is 28.7 Å². The molecule has 1 saturated carbocycles. The van der Waals surface area contributed by atoms with E-state index in [1.54, 1.807) is 0 Å². The molecule has 0 radical (unpaired) electrons. The number of nitrogens with two attached hydrogens (primary N) is 5. The summed E-state index contributed by atoms with van der Waals surface area (Å²) in [4.78, 5) is 107. The summed E-state index contributed by atoms with van der Waals surface area (Å²) >= 11 is 0. The van der Waals surface area contributed by atoms with Crippen LogP contribution in [-0.4, -0.2) is 248 Å². The average molecular weight is 1700 g/mol. The van der Waals surface area contributed by atoms with Gasteiger partial charge in [-0.3, -0.25) is 0 Å². The zero-order valence-corrected chi connectivity index (χ0v) is 71.6. The fourth-order valence-electron chi connectivity index (χ4n) is 13.8. The van der Waals surface area contributed by atoms with Gasteiger partial charge in [0.05, 0.1) is 12.1 Å². The van der Waals surface area contributed by atoms with Crippen LogP contribution in [0.3, 0.4) is 0 Å². The number of alkyl carbamates (subject to hydrolysis) is 7. The molecule has 0 bridgehead atoms. The minimum atomic E-state index is -5.08. The molecule has 19 atom stereocenters. The summed E-state index contributed by atoms with van der Waals surface area (Å²) in [5.74, 6) is -2.76. The largest absolute Gasteiger partial charge is 0.490 e. The molecule has 1 aliphatic carbocycles. The number of hydrogen-bond donors (Lipinski definition) is 14. The number of halogens is 3. The summed E-state index contributed by atoms with van der Waals surface area (Å²) in [6.07, 6.45) is -6.03. The Hall–Kier alpha value is -6.33. The van der Waals surface area contributed by atoms with E-state index in [4.69, 9.17) is 100 Å². The first-order valence-corrected chi connectivity index (χ1v) is 44.0. The third kappa shape index (κ3) is 42.0. The van der Waals surface area contributed by atoms with Gasteiger partial charge < -0.3 is 138 Å². The Morgan fingerprint density at radius 2 is 0.619 bits per heavy atom. The maximum Gasteiger partial charge on any atom is 0.490 e. The van der Waals surface area contributed by atoms with E-state index < -0.39 is 178 Å². The van der Waals surface area contributed by atoms with Crippen LogP contribution in [0, 0.1) is 0 Å². The van der Waals surface area contributed by atoms with Crippen LogP contribution in [0.1, 0.15) is 267 Å². The van der Waals surface area contributed by atoms with Gasteiger partial charge in [-0.05, 0) is 64.3 Å². The third-order valence-corrected chi connectivity index (χ3v) is 20.5. The summed E-state index contributed by atoms with van der Waals surface area (Å²) in [6.45, 7) is 18.1. The van der Waals surface area contributed by atoms with Gasteiger partial charge in [-0.25, -0.2) is 38.4 Å². The molecule has 38 heteroatoms. The normalized spacial score (nSPS) is 26.1. The summed E-state index contributed by atoms with van der Waals surface area (Å²) in [7, 11) is 0. The molecule has 19 N–H and O–H groups in total. The number of nitrogens with one attached hydrogen (secondary N) is 8. The van der Waals surface area contributed by atoms with E-state index in [2.05, 4.69) is 97.9 Å². The average Bonchev–Trinajstić information content (AvgIpc) is 1.61. The molecule has 688 valence electrons. The second-order valence-electron chi connectivity index (χ2n) is 30.7. The maximum absolute atomic E-state index is 14.6. The highest BCUT2D eigenvalue weighted by molar-refractivity contribution is 5.73. The number of carbonyl (C=O) groups excluding carboxylic acids is 7. The predicted octanol–water partition coefficient (Wildman–Crippen LogP) is 10.1. The molecule has 0 unspecified atom stereocenters. The Bertz CT molecular complexity index is 2740. The lowest BCUT2D eigenvalue weighted by atomic mass is 9.84. The van der Waals surface area contributed by atoms with Crippen LogP contribution in [0.15, 0.2) is 0 Å². The van der Waals surface area contributed by atoms with E-state index in [0.29, 0.717) is 64.6 Å². The van der Waals surface area contributed by atoms with Crippen molar-refractivity contribution in [2.45, 2.75) is 390 Å². The van der Waals surface area contributed by atoms with Gasteiger partial charge in [0.1, 0.15) is 49.3 Å². The second-order valence-corrected chi connectivity index (χ2v) is 30.7. The number of amides is 7. The molecule has 3 saturated heterocycles. The number of ether oxygens (including phenoxy) is 13. The number of hydrogen-bond acceptors (Lipinski definition) is 27. The number of rotatable bonds is 57. The van der Waals surface area contributed by atoms with Crippen LogP contribution in [0.5, 0.6) is 0 Å². The number of unbranched alkanes of at least 4 members (excludes halogenated alkanes) is 24. The van der Waals surface area contributed by atoms with Crippen molar-refractivity contribution in [3.05, 3.63) is 0 Å². The molecule has 4 rings (SSSR count). The highest BCUT2D eigenvalue weighted by atomic mass is 19.4. The zero-order chi connectivity index (χ0) is 87.1. The predicted molar refractivity (Wildman–Crippen MR) is 435 cm³/mol. The van der Waals surface area contributed by atoms with Gasteiger partial charge >= 0.3 is 54.8 Å². The lowest BCUT2D eigenvalue weighted by Crippen LogP contribution is -2.70. The van der Waals surface area contributed by atoms with Gasteiger partial charge in [0.2, 0.25) is 0 Å². The molecule has 3 aliphatic heterocycles. The SMILES string of the molecule is CCCCCCNC[C@@H]1O[C@H](O[C@H]2[C@@H](OC(=O)NCCCCCC)[C@H](O[C@@H]3[C@@H](OC(=O)NCCCCCC)[C@H](N)C[C@H](N)[C@H]3O[C@@H]3O[C@H](CN)[C@@H](OC(=O)NCCCCCC)[C@H](OC(=O)NCCCCCC)[C@H]3N)O[C@@H]2COC(=O)NCCCCCC)[C@H](N)[C@@H](OC(=O)NCCCCCC)[C@@H]1OC(=O)NCCCCCC.O=C(O)C(F)(F)F. The maximum atomic E-state index is 14.6. The number of aliphatic carboxylic acids is 1. The Morgan fingerprint density at radius 3 is 0.966 bits per heavy atom. The summed E-state index contributed by atoms with van der Waals surface area (Å²) in [5.41, 5.74) is 35.2. The van der Waals surface area contributed by atoms with Gasteiger partial charge in [0.15, 0.2) is 49.4 Å². The molecule has 3 heterocycles. The van der Waals surface area contributed by atoms with E-state index in [1.807, 2.05) is 0 Å². The molecule has 0 aromatic carbocycles. The van der Waals surface area contributed by atoms with E-state index >= 15 is 0 Å². The Balaban J connectivity index is 0.00000490. The molecular formula is C80H150F3N13O22. The van der Waals surface area contributed by atoms with Crippen LogP contribution in [0.2, 0.25) is 0 Å². The monoisotopic (exact) mass is 1700 g/mol. The molecule has 4 fully saturated rings. The molecule has 0 spiro atoms. The molecule has 0 aromatic heterocycles. The first-order valence-electron chi connectivity index (χ1n) is 44.0. The topological polar surface area (TPSA) is 503 Å². The lowest BCUT2D eigenvalue weighted by Gasteiger charge is -2.48. The van der Waals surface area contributed by atoms with Gasteiger partial charge in [0, 0.05) is 71.0 Å². The molecule has 7 amide bonds. The fourth-order valence-corrected chi connectivity index (χ4v) is 13.8. The summed E-state index contributed by atoms with van der Waals surface area (Å²) in [6, 6.07) is -5.17. The van der Waals surface area contributed by atoms with Crippen LogP contribution in [0.25, 0.3) is 0 Å². The molecule has 4 aliphatic rings. The number of carbonyl (C=O) groups is 8. The third-order valence-electron chi connectivity index (χ3n) is 20.5. The minimum absolute atomic E-state index is 0.0307. The standard InChI is InChI=1S/C78H149N13O20.C2HF3O2/c1-9-17-25-33-41-84-51-56-63(108-75(95)88-45-37-29-21-13-5)66(110-77(97)90-47-39-31-23-15-7)59(83)70(101-56)104-64-57(52-99-72(92)85-42-34-26-18-10-2)102-71(68(64)111-78(98)91-48-40-32-24-16-8)105-67-60(53(80)49-54(81)61(67)106-73(93)86-43-35-27-19-11-3)103-69-58(82)65(109-76(96)89-46-38-30-22-14-6)62(55(50-79)100-69)107-74(94)87-44-36-28-20-12-4;3-2(4,5)1(6)7/h53-71,84H,9-52,79-83H2,1-8H3,(H,85,92)(H,86,93)(H,87,94)(H,88,95)(H,89,96)(H,90,97)(H,91,98);(H,6,7)/t53-,54+,55+,56-,57+,58+,59+,60+,61-,62+,63+,64+,65+,66+,67-,68+,69-,70+,71-;/m0./s1. The zero-order valence-electron chi connectivity index (χ0n) is 71.6. The van der Waals surface area contributed by atoms with Crippen LogP contribution >= 0.6 is 0 Å². The van der Waals surface area contributed by atoms with Crippen LogP contribution in [0.4, 0.5) is 46.7 Å². The van der Waals surface area contributed by atoms with E-state index in [0.717, 1.165) is 161 Å². The van der Waals surface area contributed by atoms with Gasteiger partial charge in [-0.2, -0.15) is 13.2 Å². The van der Waals surface area contributed by atoms with Crippen LogP contribution < -0.4 is 71.2 Å². The minimum Gasteiger partial charge on any atom is -0.475 e. The number of carboxylic acids is 1. The fraction of sp³-hybridized carbons (Fsp3) is 0.900. The lowest BCUT2D eigenvalue weighted by molar-refractivity contribution is -0.305. The number of carboxylic acid groups (broad SMARTS) is 1. The van der Waals surface area contributed by atoms with E-state index in [1.165, 1.54) is 0 Å². The smallest absolute Gasteiger partial charge is 0.475 e. The molecule has 118 heavy (non-hydrogen) atoms. The van der Waals surface area contributed by atoms with E-state index in [9.17, 15) is 46.7 Å². The number of alkyl halides is 3. The van der Waals surface area contributed by atoms with Crippen molar-refractivity contribution in [3.63, 3.8) is 0 Å². The summed E-state index contributed by atoms with van der Waals surface area (Å²) < 4.78 is 117. The van der Waals surface area contributed by atoms with Crippen molar-refractivity contribution in [1.82, 2.24) is 42.5 Å². The van der Waals surface area contributed by atoms with Gasteiger partial charge in [-0.1, -0.05) is 209 Å². The Morgan fingerprint density at radius 1 is 0.339 bits per heavy atom. The summed E-state index contributed by atoms with van der Waals surface area (Å²) in [5, 5.41) is 30.3. The Labute approximate surface area is 697 Å². The first-order chi connectivity index (χ1) is 56.8. The second kappa shape index (κ2) is 62.7. The van der Waals surface area contributed by atoms with Crippen molar-refractivity contribution < 1.29 is 118 Å². The van der Waals surface area contributed by atoms with Gasteiger partial charge in [0.25, 0.3) is 0 Å². The highest BCUT2D eigenvalue weighted by Crippen LogP contribution is 2.38. The quantitative estimate of drug-likeness (QED) is 0.0199. The van der Waals surface area contributed by atoms with E-state index in [-0.39, 0.29) is 52.2 Å². The van der Waals surface area contributed by atoms with Crippen molar-refractivity contribution in [3.8, 4) is 0 Å². The van der Waals surface area contributed by atoms with Crippen molar-refractivity contribution in [2.75, 3.05) is 72.1 Å². The molecule has 0 aromatic rings. The van der Waals surface area contributed by atoms with Crippen molar-refractivity contribution in [1.29, 1.82) is 0 Å².